The minimum atomic E-state index is 0.101. The van der Waals surface area contributed by atoms with E-state index in [0.29, 0.717) is 0 Å². The second-order valence-corrected chi connectivity index (χ2v) is 7.27. The van der Waals surface area contributed by atoms with Gasteiger partial charge in [-0.05, 0) is 73.9 Å². The third kappa shape index (κ3) is 3.65. The summed E-state index contributed by atoms with van der Waals surface area (Å²) in [6, 6.07) is 12.1. The highest BCUT2D eigenvalue weighted by Gasteiger charge is 2.13. The van der Waals surface area contributed by atoms with E-state index in [4.69, 9.17) is 16.3 Å². The fourth-order valence-corrected chi connectivity index (χ4v) is 3.36. The van der Waals surface area contributed by atoms with Crippen LogP contribution < -0.4 is 4.74 Å². The van der Waals surface area contributed by atoms with Gasteiger partial charge in [0.1, 0.15) is 5.75 Å². The van der Waals surface area contributed by atoms with Gasteiger partial charge in [-0.25, -0.2) is 0 Å². The maximum absolute atomic E-state index is 6.17. The minimum absolute atomic E-state index is 0.101. The molecule has 0 aliphatic heterocycles. The molecule has 0 heterocycles. The van der Waals surface area contributed by atoms with E-state index in [1.807, 2.05) is 30.3 Å². The molecule has 0 amide bonds. The lowest BCUT2D eigenvalue weighted by Gasteiger charge is -2.13. The van der Waals surface area contributed by atoms with Gasteiger partial charge in [0.25, 0.3) is 0 Å². The van der Waals surface area contributed by atoms with Crippen LogP contribution in [0.4, 0.5) is 0 Å². The minimum Gasteiger partial charge on any atom is -0.496 e. The first-order valence-electron chi connectivity index (χ1n) is 5.45. The van der Waals surface area contributed by atoms with Crippen LogP contribution in [0, 0.1) is 3.57 Å². The second-order valence-electron chi connectivity index (χ2n) is 3.93. The maximum atomic E-state index is 6.17. The quantitative estimate of drug-likeness (QED) is 0.349. The number of methoxy groups -OCH3 is 1. The van der Waals surface area contributed by atoms with Gasteiger partial charge in [-0.2, -0.15) is 0 Å². The molecule has 0 spiro atoms. The summed E-state index contributed by atoms with van der Waals surface area (Å²) in [6.07, 6.45) is 0. The molecule has 5 heteroatoms. The van der Waals surface area contributed by atoms with E-state index in [0.717, 1.165) is 29.9 Å². The average molecular weight is 516 g/mol. The van der Waals surface area contributed by atoms with Crippen LogP contribution in [-0.4, -0.2) is 7.11 Å². The maximum Gasteiger partial charge on any atom is 0.133 e. The highest BCUT2D eigenvalue weighted by Crippen LogP contribution is 2.36. The Hall–Kier alpha value is 0.220. The van der Waals surface area contributed by atoms with E-state index in [2.05, 4.69) is 60.5 Å². The van der Waals surface area contributed by atoms with Crippen molar-refractivity contribution in [2.24, 2.45) is 0 Å². The molecule has 0 saturated heterocycles. The largest absolute Gasteiger partial charge is 0.496 e. The topological polar surface area (TPSA) is 9.23 Å². The molecule has 0 aliphatic carbocycles. The smallest absolute Gasteiger partial charge is 0.133 e. The van der Waals surface area contributed by atoms with E-state index >= 15 is 0 Å². The number of hydrogen-bond donors (Lipinski definition) is 0. The summed E-state index contributed by atoms with van der Waals surface area (Å²) < 4.78 is 7.23. The number of ether oxygens (including phenoxy) is 1. The number of halogens is 4. The van der Waals surface area contributed by atoms with E-state index in [1.165, 1.54) is 0 Å². The Bertz CT molecular complexity index is 604. The summed E-state index contributed by atoms with van der Waals surface area (Å²) >= 11 is 15.6. The highest BCUT2D eigenvalue weighted by atomic mass is 127. The zero-order valence-corrected chi connectivity index (χ0v) is 16.0. The van der Waals surface area contributed by atoms with Gasteiger partial charge < -0.3 is 4.74 Å². The van der Waals surface area contributed by atoms with Crippen molar-refractivity contribution < 1.29 is 4.74 Å². The van der Waals surface area contributed by atoms with Gasteiger partial charge in [0.2, 0.25) is 0 Å². The van der Waals surface area contributed by atoms with Gasteiger partial charge in [-0.15, -0.1) is 0 Å². The van der Waals surface area contributed by atoms with Crippen molar-refractivity contribution in [1.29, 1.82) is 0 Å². The van der Waals surface area contributed by atoms with E-state index in [1.54, 1.807) is 7.11 Å². The van der Waals surface area contributed by atoms with Crippen LogP contribution in [0.25, 0.3) is 0 Å². The Balaban J connectivity index is 2.35. The molecule has 0 radical (unpaired) electrons. The standard InChI is InChI=1S/C14H10Br2ClIO/c1-19-13-5-3-8(6-10(13)15)14(16)9-2-4-12(18)11(17)7-9/h2-7,14H,1H3. The Morgan fingerprint density at radius 2 is 1.79 bits per heavy atom. The lowest BCUT2D eigenvalue weighted by molar-refractivity contribution is 0.412. The van der Waals surface area contributed by atoms with Crippen molar-refractivity contribution in [3.63, 3.8) is 0 Å². The fourth-order valence-electron chi connectivity index (χ4n) is 1.70. The van der Waals surface area contributed by atoms with Gasteiger partial charge in [0.15, 0.2) is 0 Å². The first-order chi connectivity index (χ1) is 9.02. The summed E-state index contributed by atoms with van der Waals surface area (Å²) in [6.45, 7) is 0. The van der Waals surface area contributed by atoms with Crippen molar-refractivity contribution in [3.8, 4) is 5.75 Å². The van der Waals surface area contributed by atoms with Gasteiger partial charge in [-0.1, -0.05) is 39.7 Å². The van der Waals surface area contributed by atoms with Gasteiger partial charge >= 0.3 is 0 Å². The molecule has 1 unspecified atom stereocenters. The first-order valence-corrected chi connectivity index (χ1v) is 8.62. The van der Waals surface area contributed by atoms with E-state index in [9.17, 15) is 0 Å². The predicted molar refractivity (Wildman–Crippen MR) is 95.6 cm³/mol. The van der Waals surface area contributed by atoms with Crippen LogP contribution in [-0.2, 0) is 0 Å². The lowest BCUT2D eigenvalue weighted by atomic mass is 10.0. The number of benzene rings is 2. The van der Waals surface area contributed by atoms with Crippen molar-refractivity contribution in [3.05, 3.63) is 60.6 Å². The van der Waals surface area contributed by atoms with Crippen LogP contribution in [0.3, 0.4) is 0 Å². The summed E-state index contributed by atoms with van der Waals surface area (Å²) in [7, 11) is 1.66. The number of rotatable bonds is 3. The molecular formula is C14H10Br2ClIO. The normalized spacial score (nSPS) is 12.3. The van der Waals surface area contributed by atoms with Crippen molar-refractivity contribution >= 4 is 66.1 Å². The van der Waals surface area contributed by atoms with E-state index in [-0.39, 0.29) is 4.83 Å². The zero-order chi connectivity index (χ0) is 14.0. The first kappa shape index (κ1) is 15.6. The molecule has 100 valence electrons. The summed E-state index contributed by atoms with van der Waals surface area (Å²) in [4.78, 5) is 0.101. The highest BCUT2D eigenvalue weighted by molar-refractivity contribution is 14.1. The average Bonchev–Trinajstić information content (AvgIpc) is 2.41. The third-order valence-electron chi connectivity index (χ3n) is 2.70. The van der Waals surface area contributed by atoms with Crippen LogP contribution in [0.1, 0.15) is 16.0 Å². The van der Waals surface area contributed by atoms with Gasteiger partial charge in [0, 0.05) is 3.57 Å². The molecule has 0 aromatic heterocycles. The number of alkyl halides is 1. The number of hydrogen-bond acceptors (Lipinski definition) is 1. The van der Waals surface area contributed by atoms with Crippen molar-refractivity contribution in [2.75, 3.05) is 7.11 Å². The second kappa shape index (κ2) is 6.78. The lowest BCUT2D eigenvalue weighted by Crippen LogP contribution is -1.94. The zero-order valence-electron chi connectivity index (χ0n) is 9.96. The summed E-state index contributed by atoms with van der Waals surface area (Å²) in [5.41, 5.74) is 2.27. The monoisotopic (exact) mass is 514 g/mol. The van der Waals surface area contributed by atoms with Gasteiger partial charge in [-0.3, -0.25) is 0 Å². The Morgan fingerprint density at radius 3 is 2.37 bits per heavy atom. The van der Waals surface area contributed by atoms with Gasteiger partial charge in [0.05, 0.1) is 21.4 Å². The molecule has 2 aromatic carbocycles. The summed E-state index contributed by atoms with van der Waals surface area (Å²) in [5, 5.41) is 0.773. The predicted octanol–water partition coefficient (Wildman–Crippen LogP) is 6.20. The van der Waals surface area contributed by atoms with Crippen LogP contribution in [0.2, 0.25) is 5.02 Å². The van der Waals surface area contributed by atoms with Crippen molar-refractivity contribution in [2.45, 2.75) is 4.83 Å². The molecule has 1 nitrogen and oxygen atoms in total. The third-order valence-corrected chi connectivity index (χ3v) is 5.95. The molecule has 2 rings (SSSR count). The Morgan fingerprint density at radius 1 is 1.16 bits per heavy atom. The molecule has 0 N–H and O–H groups in total. The van der Waals surface area contributed by atoms with Crippen LogP contribution in [0.15, 0.2) is 40.9 Å². The fraction of sp³-hybridized carbons (Fsp3) is 0.143. The molecule has 0 bridgehead atoms. The van der Waals surface area contributed by atoms with E-state index < -0.39 is 0 Å². The molecule has 19 heavy (non-hydrogen) atoms. The van der Waals surface area contributed by atoms with Crippen LogP contribution >= 0.6 is 66.1 Å². The SMILES string of the molecule is COc1ccc(C(Br)c2ccc(I)c(Cl)c2)cc1Br. The molecular weight excluding hydrogens is 506 g/mol. The molecule has 0 aliphatic rings. The van der Waals surface area contributed by atoms with Crippen LogP contribution in [0.5, 0.6) is 5.75 Å². The Kier molecular flexibility index (Phi) is 5.57. The Labute approximate surface area is 148 Å². The molecule has 0 fully saturated rings. The molecule has 2 aromatic rings. The van der Waals surface area contributed by atoms with Crippen molar-refractivity contribution in [1.82, 2.24) is 0 Å². The summed E-state index contributed by atoms with van der Waals surface area (Å²) in [5.74, 6) is 0.823. The molecule has 1 atom stereocenters. The molecule has 0 saturated carbocycles.